The zero-order valence-electron chi connectivity index (χ0n) is 9.86. The molecule has 0 fully saturated rings. The van der Waals surface area contributed by atoms with Gasteiger partial charge in [0, 0.05) is 6.54 Å². The van der Waals surface area contributed by atoms with Gasteiger partial charge in [0.1, 0.15) is 11.2 Å². The Hall–Kier alpha value is -1.82. The van der Waals surface area contributed by atoms with Crippen molar-refractivity contribution in [3.63, 3.8) is 0 Å². The molecule has 0 aliphatic carbocycles. The molecule has 1 aromatic heterocycles. The standard InChI is InChI=1S/C11H14ClN3O3/c1-2-3-4-15-8(11(17)18)7(12)5-6(9(15)13)10(14)16/h5,13H,2-4H2,1H3,(H2,14,16)(H,17,18). The Labute approximate surface area is 108 Å². The van der Waals surface area contributed by atoms with Crippen molar-refractivity contribution < 1.29 is 14.7 Å². The summed E-state index contributed by atoms with van der Waals surface area (Å²) in [4.78, 5) is 22.3. The van der Waals surface area contributed by atoms with Crippen molar-refractivity contribution in [1.82, 2.24) is 4.57 Å². The lowest BCUT2D eigenvalue weighted by atomic mass is 10.2. The van der Waals surface area contributed by atoms with E-state index in [0.29, 0.717) is 13.0 Å². The number of carbonyl (C=O) groups excluding carboxylic acids is 1. The maximum atomic E-state index is 11.2. The molecule has 0 aliphatic rings. The van der Waals surface area contributed by atoms with Crippen LogP contribution in [0.3, 0.4) is 0 Å². The fraction of sp³-hybridized carbons (Fsp3) is 0.364. The molecule has 1 amide bonds. The molecule has 1 rings (SSSR count). The van der Waals surface area contributed by atoms with Crippen molar-refractivity contribution >= 4 is 23.5 Å². The van der Waals surface area contributed by atoms with Gasteiger partial charge in [0.15, 0.2) is 0 Å². The molecule has 1 aromatic rings. The maximum absolute atomic E-state index is 11.2. The number of carbonyl (C=O) groups is 2. The zero-order chi connectivity index (χ0) is 13.9. The van der Waals surface area contributed by atoms with Gasteiger partial charge in [-0.1, -0.05) is 24.9 Å². The number of amides is 1. The number of aromatic carboxylic acids is 1. The third-order valence-corrected chi connectivity index (χ3v) is 2.78. The number of halogens is 1. The third-order valence-electron chi connectivity index (χ3n) is 2.50. The summed E-state index contributed by atoms with van der Waals surface area (Å²) in [5.74, 6) is -2.04. The fourth-order valence-electron chi connectivity index (χ4n) is 1.59. The maximum Gasteiger partial charge on any atom is 0.354 e. The lowest BCUT2D eigenvalue weighted by Crippen LogP contribution is -2.33. The largest absolute Gasteiger partial charge is 0.477 e. The van der Waals surface area contributed by atoms with E-state index in [4.69, 9.17) is 27.9 Å². The number of nitrogens with one attached hydrogen (secondary N) is 1. The molecule has 0 unspecified atom stereocenters. The monoisotopic (exact) mass is 271 g/mol. The molecule has 0 spiro atoms. The Balaban J connectivity index is 3.54. The van der Waals surface area contributed by atoms with Gasteiger partial charge in [-0.25, -0.2) is 4.79 Å². The van der Waals surface area contributed by atoms with E-state index in [1.54, 1.807) is 0 Å². The minimum Gasteiger partial charge on any atom is -0.477 e. The molecule has 0 aliphatic heterocycles. The van der Waals surface area contributed by atoms with Crippen LogP contribution in [0.15, 0.2) is 6.07 Å². The normalized spacial score (nSPS) is 10.3. The molecule has 18 heavy (non-hydrogen) atoms. The summed E-state index contributed by atoms with van der Waals surface area (Å²) in [6.07, 6.45) is 1.50. The number of pyridine rings is 1. The van der Waals surface area contributed by atoms with Crippen LogP contribution >= 0.6 is 11.6 Å². The van der Waals surface area contributed by atoms with Crippen LogP contribution in [0.2, 0.25) is 5.02 Å². The van der Waals surface area contributed by atoms with Crippen molar-refractivity contribution in [2.24, 2.45) is 5.73 Å². The summed E-state index contributed by atoms with van der Waals surface area (Å²) in [7, 11) is 0. The number of nitrogens with two attached hydrogens (primary N) is 1. The van der Waals surface area contributed by atoms with E-state index < -0.39 is 11.9 Å². The number of rotatable bonds is 5. The molecule has 7 heteroatoms. The number of carboxylic acids is 1. The number of aromatic nitrogens is 1. The first-order chi connectivity index (χ1) is 8.40. The second-order valence-corrected chi connectivity index (χ2v) is 4.18. The summed E-state index contributed by atoms with van der Waals surface area (Å²) in [6.45, 7) is 2.24. The lowest BCUT2D eigenvalue weighted by molar-refractivity contribution is 0.0682. The number of unbranched alkanes of at least 4 members (excludes halogenated alkanes) is 1. The Kier molecular flexibility index (Phi) is 4.49. The molecule has 0 aromatic carbocycles. The fourth-order valence-corrected chi connectivity index (χ4v) is 1.89. The Morgan fingerprint density at radius 1 is 1.56 bits per heavy atom. The summed E-state index contributed by atoms with van der Waals surface area (Å²) >= 11 is 5.83. The van der Waals surface area contributed by atoms with Crippen molar-refractivity contribution in [1.29, 1.82) is 5.41 Å². The van der Waals surface area contributed by atoms with Crippen molar-refractivity contribution in [3.8, 4) is 0 Å². The van der Waals surface area contributed by atoms with Crippen LogP contribution in [-0.2, 0) is 6.54 Å². The van der Waals surface area contributed by atoms with E-state index in [0.717, 1.165) is 12.5 Å². The van der Waals surface area contributed by atoms with Crippen LogP contribution in [0.4, 0.5) is 0 Å². The third kappa shape index (κ3) is 2.70. The number of nitrogens with zero attached hydrogens (tertiary/aromatic N) is 1. The van der Waals surface area contributed by atoms with Gasteiger partial charge in [-0.3, -0.25) is 10.2 Å². The van der Waals surface area contributed by atoms with Crippen LogP contribution in [0.25, 0.3) is 0 Å². The average Bonchev–Trinajstić information content (AvgIpc) is 2.28. The highest BCUT2D eigenvalue weighted by Gasteiger charge is 2.19. The molecule has 6 nitrogen and oxygen atoms in total. The van der Waals surface area contributed by atoms with Crippen LogP contribution < -0.4 is 11.2 Å². The van der Waals surface area contributed by atoms with Crippen molar-refractivity contribution in [2.75, 3.05) is 0 Å². The van der Waals surface area contributed by atoms with E-state index in [9.17, 15) is 9.59 Å². The first-order valence-corrected chi connectivity index (χ1v) is 5.79. The minimum absolute atomic E-state index is 0.0823. The van der Waals surface area contributed by atoms with Crippen molar-refractivity contribution in [2.45, 2.75) is 26.3 Å². The minimum atomic E-state index is -1.24. The second kappa shape index (κ2) is 5.68. The van der Waals surface area contributed by atoms with Crippen molar-refractivity contribution in [3.05, 3.63) is 27.8 Å². The number of hydrogen-bond donors (Lipinski definition) is 3. The number of carboxylic acid groups (broad SMARTS) is 1. The molecule has 98 valence electrons. The van der Waals surface area contributed by atoms with Crippen LogP contribution in [0, 0.1) is 5.41 Å². The van der Waals surface area contributed by atoms with E-state index in [1.165, 1.54) is 4.57 Å². The Morgan fingerprint density at radius 3 is 2.61 bits per heavy atom. The molecule has 0 bridgehead atoms. The second-order valence-electron chi connectivity index (χ2n) is 3.78. The SMILES string of the molecule is CCCCn1c(C(=O)O)c(Cl)cc(C(N)=O)c1=N. The van der Waals surface area contributed by atoms with Gasteiger partial charge < -0.3 is 15.4 Å². The summed E-state index contributed by atoms with van der Waals surface area (Å²) < 4.78 is 1.20. The topological polar surface area (TPSA) is 109 Å². The van der Waals surface area contributed by atoms with Gasteiger partial charge in [0.25, 0.3) is 5.91 Å². The van der Waals surface area contributed by atoms with E-state index in [1.807, 2.05) is 6.92 Å². The highest BCUT2D eigenvalue weighted by atomic mass is 35.5. The quantitative estimate of drug-likeness (QED) is 0.749. The molecular weight excluding hydrogens is 258 g/mol. The lowest BCUT2D eigenvalue weighted by Gasteiger charge is -2.14. The Bertz CT molecular complexity index is 551. The molecule has 0 saturated carbocycles. The summed E-state index contributed by atoms with van der Waals surface area (Å²) in [5, 5.41) is 16.8. The van der Waals surface area contributed by atoms with Crippen LogP contribution in [0.1, 0.15) is 40.6 Å². The first kappa shape index (κ1) is 14.2. The van der Waals surface area contributed by atoms with Crippen LogP contribution in [-0.4, -0.2) is 21.6 Å². The highest BCUT2D eigenvalue weighted by Crippen LogP contribution is 2.16. The van der Waals surface area contributed by atoms with Gasteiger partial charge in [-0.15, -0.1) is 0 Å². The van der Waals surface area contributed by atoms with Gasteiger partial charge in [-0.2, -0.15) is 0 Å². The van der Waals surface area contributed by atoms with E-state index >= 15 is 0 Å². The van der Waals surface area contributed by atoms with E-state index in [-0.39, 0.29) is 21.8 Å². The predicted molar refractivity (Wildman–Crippen MR) is 65.7 cm³/mol. The molecule has 1 heterocycles. The van der Waals surface area contributed by atoms with Gasteiger partial charge in [-0.05, 0) is 12.5 Å². The average molecular weight is 272 g/mol. The van der Waals surface area contributed by atoms with Gasteiger partial charge in [0.2, 0.25) is 0 Å². The number of hydrogen-bond acceptors (Lipinski definition) is 3. The number of primary amides is 1. The predicted octanol–water partition coefficient (Wildman–Crippen LogP) is 1.22. The van der Waals surface area contributed by atoms with Gasteiger partial charge in [0.05, 0.1) is 10.6 Å². The van der Waals surface area contributed by atoms with E-state index in [2.05, 4.69) is 0 Å². The Morgan fingerprint density at radius 2 is 2.17 bits per heavy atom. The summed E-state index contributed by atoms with van der Waals surface area (Å²) in [5.41, 5.74) is 4.63. The summed E-state index contributed by atoms with van der Waals surface area (Å²) in [6, 6.07) is 1.12. The van der Waals surface area contributed by atoms with Gasteiger partial charge >= 0.3 is 5.97 Å². The van der Waals surface area contributed by atoms with Crippen LogP contribution in [0.5, 0.6) is 0 Å². The molecule has 0 saturated heterocycles. The molecule has 0 atom stereocenters. The molecule has 0 radical (unpaired) electrons. The molecular formula is C11H14ClN3O3. The zero-order valence-corrected chi connectivity index (χ0v) is 10.6. The first-order valence-electron chi connectivity index (χ1n) is 5.41. The highest BCUT2D eigenvalue weighted by molar-refractivity contribution is 6.33. The molecule has 4 N–H and O–H groups in total. The smallest absolute Gasteiger partial charge is 0.354 e.